The fraction of sp³-hybridized carbons (Fsp3) is 0.714. The van der Waals surface area contributed by atoms with Crippen LogP contribution in [-0.4, -0.2) is 16.6 Å². The minimum atomic E-state index is -0.127. The molecule has 0 saturated carbocycles. The van der Waals surface area contributed by atoms with Gasteiger partial charge >= 0.3 is 0 Å². The Morgan fingerprint density at radius 2 is 2.00 bits per heavy atom. The molecule has 0 aliphatic rings. The van der Waals surface area contributed by atoms with Gasteiger partial charge in [-0.15, -0.1) is 0 Å². The van der Waals surface area contributed by atoms with Crippen LogP contribution in [0.2, 0.25) is 5.15 Å². The maximum Gasteiger partial charge on any atom is 0.218 e. The summed E-state index contributed by atoms with van der Waals surface area (Å²) < 4.78 is 5.70. The van der Waals surface area contributed by atoms with Crippen molar-refractivity contribution in [2.75, 3.05) is 6.61 Å². The second-order valence-electron chi connectivity index (χ2n) is 5.81. The molecule has 1 rings (SSSR count). The maximum absolute atomic E-state index is 6.00. The van der Waals surface area contributed by atoms with Crippen molar-refractivity contribution in [3.8, 4) is 5.88 Å². The maximum atomic E-state index is 6.00. The Kier molecular flexibility index (Phi) is 5.39. The van der Waals surface area contributed by atoms with Crippen molar-refractivity contribution in [3.05, 3.63) is 17.0 Å². The Labute approximate surface area is 115 Å². The molecule has 0 aliphatic heterocycles. The van der Waals surface area contributed by atoms with Crippen LogP contribution in [-0.2, 0) is 5.41 Å². The molecule has 4 heteroatoms. The number of hydrogen-bond acceptors (Lipinski definition) is 3. The Morgan fingerprint density at radius 3 is 2.56 bits per heavy atom. The van der Waals surface area contributed by atoms with E-state index in [1.54, 1.807) is 6.07 Å². The minimum absolute atomic E-state index is 0.127. The highest BCUT2D eigenvalue weighted by Crippen LogP contribution is 2.23. The molecular weight excluding hydrogens is 248 g/mol. The third-order valence-corrected chi connectivity index (χ3v) is 2.83. The van der Waals surface area contributed by atoms with Crippen LogP contribution in [0.4, 0.5) is 0 Å². The van der Waals surface area contributed by atoms with Crippen LogP contribution < -0.4 is 4.74 Å². The van der Waals surface area contributed by atoms with Gasteiger partial charge in [0.05, 0.1) is 6.61 Å². The van der Waals surface area contributed by atoms with E-state index in [0.29, 0.717) is 29.4 Å². The first kappa shape index (κ1) is 15.2. The van der Waals surface area contributed by atoms with Crippen LogP contribution >= 0.6 is 11.6 Å². The molecule has 0 saturated heterocycles. The highest BCUT2D eigenvalue weighted by molar-refractivity contribution is 6.29. The van der Waals surface area contributed by atoms with Crippen molar-refractivity contribution < 1.29 is 4.74 Å². The van der Waals surface area contributed by atoms with Gasteiger partial charge in [-0.05, 0) is 12.3 Å². The van der Waals surface area contributed by atoms with Crippen LogP contribution in [0.3, 0.4) is 0 Å². The lowest BCUT2D eigenvalue weighted by atomic mass is 9.96. The first-order chi connectivity index (χ1) is 8.32. The van der Waals surface area contributed by atoms with E-state index in [1.165, 1.54) is 6.42 Å². The third kappa shape index (κ3) is 4.81. The van der Waals surface area contributed by atoms with Gasteiger partial charge in [0.1, 0.15) is 11.0 Å². The van der Waals surface area contributed by atoms with Crippen molar-refractivity contribution in [2.24, 2.45) is 5.92 Å². The van der Waals surface area contributed by atoms with Gasteiger partial charge in [0.2, 0.25) is 5.88 Å². The molecule has 1 aromatic rings. The van der Waals surface area contributed by atoms with Gasteiger partial charge in [0.25, 0.3) is 0 Å². The molecule has 0 spiro atoms. The van der Waals surface area contributed by atoms with Gasteiger partial charge in [-0.3, -0.25) is 0 Å². The first-order valence-corrected chi connectivity index (χ1v) is 6.88. The number of halogens is 1. The minimum Gasteiger partial charge on any atom is -0.477 e. The van der Waals surface area contributed by atoms with E-state index >= 15 is 0 Å². The topological polar surface area (TPSA) is 35.0 Å². The van der Waals surface area contributed by atoms with Gasteiger partial charge in [-0.25, -0.2) is 4.98 Å². The van der Waals surface area contributed by atoms with E-state index in [1.807, 2.05) is 0 Å². The van der Waals surface area contributed by atoms with E-state index in [2.05, 4.69) is 44.6 Å². The van der Waals surface area contributed by atoms with Gasteiger partial charge in [-0.1, -0.05) is 52.6 Å². The number of nitrogens with zero attached hydrogens (tertiary/aromatic N) is 2. The molecule has 0 amide bonds. The molecule has 0 bridgehead atoms. The molecular formula is C14H23ClN2O. The molecule has 1 unspecified atom stereocenters. The third-order valence-electron chi connectivity index (χ3n) is 2.64. The van der Waals surface area contributed by atoms with Gasteiger partial charge in [0, 0.05) is 11.5 Å². The monoisotopic (exact) mass is 270 g/mol. The average molecular weight is 271 g/mol. The first-order valence-electron chi connectivity index (χ1n) is 6.50. The summed E-state index contributed by atoms with van der Waals surface area (Å²) in [4.78, 5) is 8.66. The van der Waals surface area contributed by atoms with Gasteiger partial charge in [-0.2, -0.15) is 4.98 Å². The summed E-state index contributed by atoms with van der Waals surface area (Å²) >= 11 is 6.00. The fourth-order valence-corrected chi connectivity index (χ4v) is 1.78. The Hall–Kier alpha value is -0.830. The van der Waals surface area contributed by atoms with Crippen molar-refractivity contribution >= 4 is 11.6 Å². The summed E-state index contributed by atoms with van der Waals surface area (Å²) in [6.45, 7) is 11.2. The lowest BCUT2D eigenvalue weighted by Crippen LogP contribution is -2.17. The predicted octanol–water partition coefficient (Wildman–Crippen LogP) is 4.24. The molecule has 0 fully saturated rings. The predicted molar refractivity (Wildman–Crippen MR) is 75.3 cm³/mol. The molecule has 0 aliphatic carbocycles. The highest BCUT2D eigenvalue weighted by Gasteiger charge is 2.19. The summed E-state index contributed by atoms with van der Waals surface area (Å²) in [6, 6.07) is 1.68. The number of aromatic nitrogens is 2. The summed E-state index contributed by atoms with van der Waals surface area (Å²) in [5.74, 6) is 1.82. The van der Waals surface area contributed by atoms with Crippen molar-refractivity contribution in [3.63, 3.8) is 0 Å². The molecule has 0 N–H and O–H groups in total. The zero-order valence-electron chi connectivity index (χ0n) is 12.0. The molecule has 18 heavy (non-hydrogen) atoms. The lowest BCUT2D eigenvalue weighted by Gasteiger charge is -2.18. The Balaban J connectivity index is 2.75. The second-order valence-corrected chi connectivity index (χ2v) is 6.19. The Bertz CT molecular complexity index is 388. The molecule has 0 aromatic carbocycles. The van der Waals surface area contributed by atoms with Crippen LogP contribution in [0.1, 0.15) is 53.3 Å². The zero-order chi connectivity index (χ0) is 13.8. The quantitative estimate of drug-likeness (QED) is 0.751. The smallest absolute Gasteiger partial charge is 0.218 e. The van der Waals surface area contributed by atoms with E-state index in [4.69, 9.17) is 16.3 Å². The summed E-state index contributed by atoms with van der Waals surface area (Å²) in [7, 11) is 0. The molecule has 1 heterocycles. The fourth-order valence-electron chi connectivity index (χ4n) is 1.61. The van der Waals surface area contributed by atoms with Gasteiger partial charge < -0.3 is 4.74 Å². The highest BCUT2D eigenvalue weighted by atomic mass is 35.5. The Morgan fingerprint density at radius 1 is 1.33 bits per heavy atom. The summed E-state index contributed by atoms with van der Waals surface area (Å²) in [5.41, 5.74) is -0.127. The van der Waals surface area contributed by atoms with E-state index in [9.17, 15) is 0 Å². The van der Waals surface area contributed by atoms with Crippen molar-refractivity contribution in [1.29, 1.82) is 0 Å². The lowest BCUT2D eigenvalue weighted by molar-refractivity contribution is 0.241. The van der Waals surface area contributed by atoms with Crippen LogP contribution in [0.25, 0.3) is 0 Å². The van der Waals surface area contributed by atoms with Crippen LogP contribution in [0.5, 0.6) is 5.88 Å². The molecule has 1 atom stereocenters. The molecule has 3 nitrogen and oxygen atoms in total. The number of hydrogen-bond donors (Lipinski definition) is 0. The zero-order valence-corrected chi connectivity index (χ0v) is 12.7. The molecule has 0 radical (unpaired) electrons. The molecule has 1 aromatic heterocycles. The summed E-state index contributed by atoms with van der Waals surface area (Å²) in [5, 5.41) is 0.438. The van der Waals surface area contributed by atoms with Crippen LogP contribution in [0, 0.1) is 5.92 Å². The summed E-state index contributed by atoms with van der Waals surface area (Å²) in [6.07, 6.45) is 2.33. The van der Waals surface area contributed by atoms with E-state index < -0.39 is 0 Å². The van der Waals surface area contributed by atoms with E-state index in [-0.39, 0.29) is 5.41 Å². The standard InChI is InChI=1S/C14H23ClN2O/c1-6-7-10(2)9-18-12-8-11(15)16-13(17-12)14(3,4)5/h8,10H,6-7,9H2,1-5H3. The van der Waals surface area contributed by atoms with Gasteiger partial charge in [0.15, 0.2) is 0 Å². The van der Waals surface area contributed by atoms with E-state index in [0.717, 1.165) is 6.42 Å². The average Bonchev–Trinajstić information content (AvgIpc) is 2.25. The number of ether oxygens (including phenoxy) is 1. The second kappa shape index (κ2) is 6.37. The largest absolute Gasteiger partial charge is 0.477 e. The van der Waals surface area contributed by atoms with Crippen LogP contribution in [0.15, 0.2) is 6.07 Å². The normalized spacial score (nSPS) is 13.4. The SMILES string of the molecule is CCCC(C)COc1cc(Cl)nc(C(C)(C)C)n1. The molecule has 102 valence electrons. The van der Waals surface area contributed by atoms with Crippen molar-refractivity contribution in [1.82, 2.24) is 9.97 Å². The number of rotatable bonds is 5. The van der Waals surface area contributed by atoms with Crippen molar-refractivity contribution in [2.45, 2.75) is 52.9 Å².